The van der Waals surface area contributed by atoms with Gasteiger partial charge in [0.1, 0.15) is 11.0 Å². The second kappa shape index (κ2) is 4.33. The molecule has 5 heteroatoms. The van der Waals surface area contributed by atoms with Crippen molar-refractivity contribution >= 4 is 27.2 Å². The molecule has 0 bridgehead atoms. The summed E-state index contributed by atoms with van der Waals surface area (Å²) in [6.45, 7) is 2.63. The third-order valence-electron chi connectivity index (χ3n) is 2.16. The Hall–Kier alpha value is -0.870. The van der Waals surface area contributed by atoms with Crippen LogP contribution in [0, 0.1) is 0 Å². The molecule has 0 amide bonds. The fourth-order valence-electron chi connectivity index (χ4n) is 1.07. The minimum Gasteiger partial charge on any atom is -0.299 e. The SMILES string of the molecule is CC(=O)C(C)S(=O)(=O)c1cccc(Cl)c1. The zero-order valence-electron chi connectivity index (χ0n) is 8.40. The molecule has 1 aromatic carbocycles. The molecule has 1 rings (SSSR count). The molecule has 0 fully saturated rings. The van der Waals surface area contributed by atoms with Crippen LogP contribution in [0.15, 0.2) is 29.2 Å². The van der Waals surface area contributed by atoms with Crippen LogP contribution < -0.4 is 0 Å². The summed E-state index contributed by atoms with van der Waals surface area (Å²) in [7, 11) is -3.59. The predicted octanol–water partition coefficient (Wildman–Crippen LogP) is 2.09. The average Bonchev–Trinajstić information content (AvgIpc) is 2.16. The van der Waals surface area contributed by atoms with Crippen molar-refractivity contribution in [3.63, 3.8) is 0 Å². The molecule has 1 atom stereocenters. The van der Waals surface area contributed by atoms with E-state index in [0.29, 0.717) is 5.02 Å². The molecule has 15 heavy (non-hydrogen) atoms. The smallest absolute Gasteiger partial charge is 0.188 e. The van der Waals surface area contributed by atoms with Crippen molar-refractivity contribution in [2.75, 3.05) is 0 Å². The topological polar surface area (TPSA) is 51.2 Å². The van der Waals surface area contributed by atoms with Crippen LogP contribution in [-0.4, -0.2) is 19.5 Å². The third-order valence-corrected chi connectivity index (χ3v) is 4.57. The van der Waals surface area contributed by atoms with Gasteiger partial charge < -0.3 is 0 Å². The summed E-state index contributed by atoms with van der Waals surface area (Å²) in [6, 6.07) is 5.90. The largest absolute Gasteiger partial charge is 0.299 e. The first-order valence-corrected chi connectivity index (χ1v) is 6.28. The number of benzene rings is 1. The number of carbonyl (C=O) groups excluding carboxylic acids is 1. The third kappa shape index (κ3) is 2.58. The molecule has 0 radical (unpaired) electrons. The van der Waals surface area contributed by atoms with Crippen LogP contribution in [0.25, 0.3) is 0 Å². The minimum absolute atomic E-state index is 0.0812. The predicted molar refractivity (Wildman–Crippen MR) is 58.8 cm³/mol. The maximum absolute atomic E-state index is 11.8. The van der Waals surface area contributed by atoms with Gasteiger partial charge in [-0.3, -0.25) is 4.79 Å². The van der Waals surface area contributed by atoms with Gasteiger partial charge in [0.2, 0.25) is 0 Å². The van der Waals surface area contributed by atoms with E-state index in [1.54, 1.807) is 12.1 Å². The number of rotatable bonds is 3. The Morgan fingerprint density at radius 1 is 1.40 bits per heavy atom. The summed E-state index contributed by atoms with van der Waals surface area (Å²) in [6.07, 6.45) is 0. The molecule has 0 aliphatic rings. The highest BCUT2D eigenvalue weighted by Gasteiger charge is 2.26. The van der Waals surface area contributed by atoms with Gasteiger partial charge in [-0.15, -0.1) is 0 Å². The van der Waals surface area contributed by atoms with Crippen molar-refractivity contribution in [3.05, 3.63) is 29.3 Å². The molecule has 0 aromatic heterocycles. The number of sulfone groups is 1. The summed E-state index contributed by atoms with van der Waals surface area (Å²) < 4.78 is 23.7. The molecule has 0 saturated carbocycles. The molecule has 0 aliphatic carbocycles. The maximum atomic E-state index is 11.8. The van der Waals surface area contributed by atoms with Crippen molar-refractivity contribution in [1.82, 2.24) is 0 Å². The van der Waals surface area contributed by atoms with Gasteiger partial charge in [0.25, 0.3) is 0 Å². The molecule has 3 nitrogen and oxygen atoms in total. The number of carbonyl (C=O) groups is 1. The summed E-state index contributed by atoms with van der Waals surface area (Å²) in [5.41, 5.74) is 0. The van der Waals surface area contributed by atoms with Crippen molar-refractivity contribution in [2.45, 2.75) is 24.0 Å². The quantitative estimate of drug-likeness (QED) is 0.821. The second-order valence-electron chi connectivity index (χ2n) is 3.26. The molecular weight excluding hydrogens is 236 g/mol. The molecule has 0 N–H and O–H groups in total. The first kappa shape index (κ1) is 12.2. The van der Waals surface area contributed by atoms with E-state index >= 15 is 0 Å². The molecule has 0 saturated heterocycles. The van der Waals surface area contributed by atoms with E-state index in [4.69, 9.17) is 11.6 Å². The Bertz CT molecular complexity index is 479. The van der Waals surface area contributed by atoms with E-state index in [1.807, 2.05) is 0 Å². The molecular formula is C10H11ClO3S. The number of hydrogen-bond acceptors (Lipinski definition) is 3. The Morgan fingerprint density at radius 2 is 2.00 bits per heavy atom. The molecule has 82 valence electrons. The first-order valence-electron chi connectivity index (χ1n) is 4.35. The van der Waals surface area contributed by atoms with Crippen molar-refractivity contribution in [1.29, 1.82) is 0 Å². The molecule has 0 spiro atoms. The first-order chi connectivity index (χ1) is 6.85. The highest BCUT2D eigenvalue weighted by molar-refractivity contribution is 7.92. The van der Waals surface area contributed by atoms with Crippen LogP contribution in [0.3, 0.4) is 0 Å². The zero-order chi connectivity index (χ0) is 11.6. The van der Waals surface area contributed by atoms with Crippen LogP contribution in [0.5, 0.6) is 0 Å². The summed E-state index contributed by atoms with van der Waals surface area (Å²) in [5, 5.41) is -0.692. The van der Waals surface area contributed by atoms with Crippen LogP contribution in [0.1, 0.15) is 13.8 Å². The lowest BCUT2D eigenvalue weighted by atomic mass is 10.3. The normalized spacial score (nSPS) is 13.5. The number of Topliss-reactive ketones (excluding diaryl/α,β-unsaturated/α-hetero) is 1. The van der Waals surface area contributed by atoms with Gasteiger partial charge in [0.15, 0.2) is 9.84 Å². The molecule has 1 aromatic rings. The average molecular weight is 247 g/mol. The van der Waals surface area contributed by atoms with Gasteiger partial charge in [-0.1, -0.05) is 17.7 Å². The molecule has 0 heterocycles. The maximum Gasteiger partial charge on any atom is 0.188 e. The van der Waals surface area contributed by atoms with Crippen LogP contribution in [0.4, 0.5) is 0 Å². The lowest BCUT2D eigenvalue weighted by molar-refractivity contribution is -0.116. The van der Waals surface area contributed by atoms with Crippen molar-refractivity contribution in [2.24, 2.45) is 0 Å². The second-order valence-corrected chi connectivity index (χ2v) is 5.96. The standard InChI is InChI=1S/C10H11ClO3S/c1-7(12)8(2)15(13,14)10-5-3-4-9(11)6-10/h3-6,8H,1-2H3. The van der Waals surface area contributed by atoms with E-state index in [1.165, 1.54) is 26.0 Å². The van der Waals surface area contributed by atoms with Gasteiger partial charge in [0.05, 0.1) is 4.90 Å². The summed E-state index contributed by atoms with van der Waals surface area (Å²) in [4.78, 5) is 11.1. The van der Waals surface area contributed by atoms with Crippen LogP contribution >= 0.6 is 11.6 Å². The van der Waals surface area contributed by atoms with Crippen molar-refractivity contribution in [3.8, 4) is 0 Å². The lowest BCUT2D eigenvalue weighted by Gasteiger charge is -2.09. The highest BCUT2D eigenvalue weighted by Crippen LogP contribution is 2.20. The summed E-state index contributed by atoms with van der Waals surface area (Å²) >= 11 is 5.69. The van der Waals surface area contributed by atoms with Gasteiger partial charge in [-0.05, 0) is 32.0 Å². The number of hydrogen-bond donors (Lipinski definition) is 0. The Balaban J connectivity index is 3.23. The van der Waals surface area contributed by atoms with E-state index in [9.17, 15) is 13.2 Å². The highest BCUT2D eigenvalue weighted by atomic mass is 35.5. The van der Waals surface area contributed by atoms with Gasteiger partial charge in [-0.25, -0.2) is 8.42 Å². The number of ketones is 1. The Kier molecular flexibility index (Phi) is 3.52. The monoisotopic (exact) mass is 246 g/mol. The Labute approximate surface area is 94.0 Å². The number of halogens is 1. The fourth-order valence-corrected chi connectivity index (χ4v) is 2.73. The van der Waals surface area contributed by atoms with Gasteiger partial charge in [0, 0.05) is 5.02 Å². The summed E-state index contributed by atoms with van der Waals surface area (Å²) in [5.74, 6) is -0.380. The molecule has 1 unspecified atom stereocenters. The fraction of sp³-hybridized carbons (Fsp3) is 0.300. The van der Waals surface area contributed by atoms with Crippen LogP contribution in [0.2, 0.25) is 5.02 Å². The van der Waals surface area contributed by atoms with Gasteiger partial charge >= 0.3 is 0 Å². The zero-order valence-corrected chi connectivity index (χ0v) is 9.97. The molecule has 0 aliphatic heterocycles. The van der Waals surface area contributed by atoms with E-state index < -0.39 is 15.1 Å². The minimum atomic E-state index is -3.59. The van der Waals surface area contributed by atoms with Gasteiger partial charge in [-0.2, -0.15) is 0 Å². The van der Waals surface area contributed by atoms with Crippen molar-refractivity contribution < 1.29 is 13.2 Å². The Morgan fingerprint density at radius 3 is 2.47 bits per heavy atom. The van der Waals surface area contributed by atoms with Crippen LogP contribution in [-0.2, 0) is 14.6 Å². The lowest BCUT2D eigenvalue weighted by Crippen LogP contribution is -2.25. The van der Waals surface area contributed by atoms with E-state index in [0.717, 1.165) is 0 Å². The van der Waals surface area contributed by atoms with E-state index in [2.05, 4.69) is 0 Å². The van der Waals surface area contributed by atoms with E-state index in [-0.39, 0.29) is 10.7 Å².